The fourth-order valence-electron chi connectivity index (χ4n) is 2.94. The topological polar surface area (TPSA) is 38.8 Å². The predicted molar refractivity (Wildman–Crippen MR) is 85.8 cm³/mol. The van der Waals surface area contributed by atoms with Crippen molar-refractivity contribution in [3.05, 3.63) is 35.4 Å². The smallest absolute Gasteiger partial charge is 0.410 e. The lowest BCUT2D eigenvalue weighted by molar-refractivity contribution is -0.00205. The molecule has 1 aromatic rings. The lowest BCUT2D eigenvalue weighted by atomic mass is 9.88. The largest absolute Gasteiger partial charge is 0.479 e. The number of halogens is 2. The Morgan fingerprint density at radius 1 is 1.21 bits per heavy atom. The van der Waals surface area contributed by atoms with Crippen molar-refractivity contribution in [3.63, 3.8) is 0 Å². The number of hydrogen-bond acceptors (Lipinski definition) is 3. The molecule has 1 amide bonds. The number of ether oxygens (including phenoxy) is 2. The number of benzene rings is 1. The SMILES string of the molecule is CC(C)(C)OC(=O)N1CCC2(C=Cc3c(F)ccc(F)c3O2)CC1. The Kier molecular flexibility index (Phi) is 4.01. The molecule has 0 unspecified atom stereocenters. The highest BCUT2D eigenvalue weighted by Crippen LogP contribution is 2.39. The van der Waals surface area contributed by atoms with E-state index in [0.717, 1.165) is 12.1 Å². The number of fused-ring (bicyclic) bond motifs is 1. The third-order valence-corrected chi connectivity index (χ3v) is 4.22. The van der Waals surface area contributed by atoms with Gasteiger partial charge in [-0.25, -0.2) is 13.6 Å². The van der Waals surface area contributed by atoms with Crippen LogP contribution in [-0.4, -0.2) is 35.3 Å². The molecule has 2 heterocycles. The summed E-state index contributed by atoms with van der Waals surface area (Å²) in [6, 6.07) is 2.15. The number of carbonyl (C=O) groups excluding carboxylic acids is 1. The summed E-state index contributed by atoms with van der Waals surface area (Å²) in [6.07, 6.45) is 3.97. The van der Waals surface area contributed by atoms with Crippen LogP contribution in [-0.2, 0) is 4.74 Å². The monoisotopic (exact) mass is 337 g/mol. The summed E-state index contributed by atoms with van der Waals surface area (Å²) in [6.45, 7) is 6.32. The van der Waals surface area contributed by atoms with Crippen molar-refractivity contribution in [3.8, 4) is 5.75 Å². The molecular weight excluding hydrogens is 316 g/mol. The van der Waals surface area contributed by atoms with E-state index in [1.165, 1.54) is 0 Å². The van der Waals surface area contributed by atoms with E-state index in [0.29, 0.717) is 25.9 Å². The Hall–Kier alpha value is -2.11. The van der Waals surface area contributed by atoms with Gasteiger partial charge in [0.1, 0.15) is 17.0 Å². The van der Waals surface area contributed by atoms with Crippen LogP contribution < -0.4 is 4.74 Å². The molecule has 0 aromatic heterocycles. The van der Waals surface area contributed by atoms with E-state index in [9.17, 15) is 13.6 Å². The molecule has 0 radical (unpaired) electrons. The van der Waals surface area contributed by atoms with Crippen molar-refractivity contribution < 1.29 is 23.0 Å². The Morgan fingerprint density at radius 2 is 1.83 bits per heavy atom. The summed E-state index contributed by atoms with van der Waals surface area (Å²) in [5.74, 6) is -1.14. The molecule has 0 bridgehead atoms. The number of carbonyl (C=O) groups is 1. The maximum Gasteiger partial charge on any atom is 0.410 e. The molecule has 0 aliphatic carbocycles. The molecule has 24 heavy (non-hydrogen) atoms. The average Bonchev–Trinajstić information content (AvgIpc) is 2.50. The van der Waals surface area contributed by atoms with Gasteiger partial charge in [0, 0.05) is 25.9 Å². The minimum atomic E-state index is -0.708. The van der Waals surface area contributed by atoms with Crippen molar-refractivity contribution in [2.45, 2.75) is 44.8 Å². The zero-order valence-corrected chi connectivity index (χ0v) is 14.1. The molecule has 1 saturated heterocycles. The predicted octanol–water partition coefficient (Wildman–Crippen LogP) is 4.14. The second kappa shape index (κ2) is 5.76. The van der Waals surface area contributed by atoms with Gasteiger partial charge in [-0.1, -0.05) is 0 Å². The van der Waals surface area contributed by atoms with Crippen molar-refractivity contribution in [2.75, 3.05) is 13.1 Å². The zero-order valence-electron chi connectivity index (χ0n) is 14.1. The summed E-state index contributed by atoms with van der Waals surface area (Å²) in [5, 5.41) is 0. The number of hydrogen-bond donors (Lipinski definition) is 0. The van der Waals surface area contributed by atoms with Gasteiger partial charge in [0.25, 0.3) is 0 Å². The van der Waals surface area contributed by atoms with Crippen LogP contribution in [0.2, 0.25) is 0 Å². The standard InChI is InChI=1S/C18H21F2NO3/c1-17(2,3)24-16(22)21-10-8-18(9-11-21)7-6-12-13(19)4-5-14(20)15(12)23-18/h4-7H,8-11H2,1-3H3. The normalized spacial score (nSPS) is 19.0. The van der Waals surface area contributed by atoms with E-state index in [1.807, 2.05) is 20.8 Å². The Morgan fingerprint density at radius 3 is 2.46 bits per heavy atom. The van der Waals surface area contributed by atoms with E-state index in [2.05, 4.69) is 0 Å². The number of likely N-dealkylation sites (tertiary alicyclic amines) is 1. The van der Waals surface area contributed by atoms with E-state index in [4.69, 9.17) is 9.47 Å². The number of piperidine rings is 1. The highest BCUT2D eigenvalue weighted by atomic mass is 19.1. The van der Waals surface area contributed by atoms with Crippen LogP contribution in [0.5, 0.6) is 5.75 Å². The number of amides is 1. The van der Waals surface area contributed by atoms with E-state index in [1.54, 1.807) is 17.1 Å². The van der Waals surface area contributed by atoms with Crippen LogP contribution >= 0.6 is 0 Å². The second-order valence-electron chi connectivity index (χ2n) is 7.24. The molecule has 0 saturated carbocycles. The van der Waals surface area contributed by atoms with Crippen molar-refractivity contribution in [1.82, 2.24) is 4.90 Å². The second-order valence-corrected chi connectivity index (χ2v) is 7.24. The van der Waals surface area contributed by atoms with E-state index >= 15 is 0 Å². The molecule has 0 N–H and O–H groups in total. The highest BCUT2D eigenvalue weighted by Gasteiger charge is 2.40. The summed E-state index contributed by atoms with van der Waals surface area (Å²) < 4.78 is 38.9. The summed E-state index contributed by atoms with van der Waals surface area (Å²) >= 11 is 0. The Bertz CT molecular complexity index is 686. The quantitative estimate of drug-likeness (QED) is 0.714. The van der Waals surface area contributed by atoms with Gasteiger partial charge in [-0.05, 0) is 45.1 Å². The van der Waals surface area contributed by atoms with Gasteiger partial charge in [-0.3, -0.25) is 0 Å². The third-order valence-electron chi connectivity index (χ3n) is 4.22. The average molecular weight is 337 g/mol. The first-order valence-electron chi connectivity index (χ1n) is 8.03. The summed E-state index contributed by atoms with van der Waals surface area (Å²) in [5.41, 5.74) is -1.12. The molecule has 0 atom stereocenters. The van der Waals surface area contributed by atoms with Gasteiger partial charge in [0.05, 0.1) is 5.56 Å². The highest BCUT2D eigenvalue weighted by molar-refractivity contribution is 5.68. The number of nitrogens with zero attached hydrogens (tertiary/aromatic N) is 1. The molecule has 1 fully saturated rings. The van der Waals surface area contributed by atoms with Crippen LogP contribution in [0, 0.1) is 11.6 Å². The van der Waals surface area contributed by atoms with Gasteiger partial charge in [0.2, 0.25) is 0 Å². The van der Waals surface area contributed by atoms with E-state index in [-0.39, 0.29) is 17.4 Å². The Balaban J connectivity index is 1.71. The first kappa shape index (κ1) is 16.7. The van der Waals surface area contributed by atoms with Crippen molar-refractivity contribution in [2.24, 2.45) is 0 Å². The minimum absolute atomic E-state index is 0.0526. The summed E-state index contributed by atoms with van der Waals surface area (Å²) in [7, 11) is 0. The minimum Gasteiger partial charge on any atom is -0.479 e. The first-order valence-corrected chi connectivity index (χ1v) is 8.03. The lowest BCUT2D eigenvalue weighted by Crippen LogP contribution is -2.50. The van der Waals surface area contributed by atoms with E-state index < -0.39 is 22.8 Å². The van der Waals surface area contributed by atoms with Gasteiger partial charge in [-0.15, -0.1) is 0 Å². The van der Waals surface area contributed by atoms with Crippen LogP contribution in [0.15, 0.2) is 18.2 Å². The maximum atomic E-state index is 14.0. The number of rotatable bonds is 0. The van der Waals surface area contributed by atoms with Gasteiger partial charge < -0.3 is 14.4 Å². The molecule has 1 spiro atoms. The Labute approximate surface area is 140 Å². The van der Waals surface area contributed by atoms with Gasteiger partial charge >= 0.3 is 6.09 Å². The molecule has 2 aliphatic rings. The lowest BCUT2D eigenvalue weighted by Gasteiger charge is -2.42. The van der Waals surface area contributed by atoms with Gasteiger partial charge in [0.15, 0.2) is 11.6 Å². The molecule has 1 aromatic carbocycles. The fraction of sp³-hybridized carbons (Fsp3) is 0.500. The van der Waals surface area contributed by atoms with Crippen molar-refractivity contribution in [1.29, 1.82) is 0 Å². The van der Waals surface area contributed by atoms with Crippen LogP contribution in [0.3, 0.4) is 0 Å². The molecule has 4 nitrogen and oxygen atoms in total. The van der Waals surface area contributed by atoms with Crippen molar-refractivity contribution >= 4 is 12.2 Å². The fourth-order valence-corrected chi connectivity index (χ4v) is 2.94. The molecule has 6 heteroatoms. The van der Waals surface area contributed by atoms with Crippen LogP contribution in [0.25, 0.3) is 6.08 Å². The molecule has 2 aliphatic heterocycles. The van der Waals surface area contributed by atoms with Crippen LogP contribution in [0.1, 0.15) is 39.2 Å². The van der Waals surface area contributed by atoms with Crippen LogP contribution in [0.4, 0.5) is 13.6 Å². The van der Waals surface area contributed by atoms with Gasteiger partial charge in [-0.2, -0.15) is 0 Å². The zero-order chi connectivity index (χ0) is 17.5. The maximum absolute atomic E-state index is 14.0. The first-order chi connectivity index (χ1) is 11.2. The molecule has 3 rings (SSSR count). The third kappa shape index (κ3) is 3.23. The molecule has 130 valence electrons. The molecular formula is C18H21F2NO3. The summed E-state index contributed by atoms with van der Waals surface area (Å²) in [4.78, 5) is 13.7.